The minimum atomic E-state index is -6.92. The van der Waals surface area contributed by atoms with Crippen LogP contribution in [0.25, 0.3) is 5.69 Å². The van der Waals surface area contributed by atoms with Gasteiger partial charge >= 0.3 is 23.9 Å². The Morgan fingerprint density at radius 1 is 0.880 bits per heavy atom. The van der Waals surface area contributed by atoms with Gasteiger partial charge < -0.3 is 14.6 Å². The van der Waals surface area contributed by atoms with E-state index in [0.717, 1.165) is 4.68 Å². The summed E-state index contributed by atoms with van der Waals surface area (Å²) in [6.45, 7) is 2.97. The number of alkyl halides is 9. The molecule has 276 valence electrons. The Kier molecular flexibility index (Phi) is 13.3. The average molecular weight is 745 g/mol. The van der Waals surface area contributed by atoms with Crippen molar-refractivity contribution in [2.75, 3.05) is 19.0 Å². The molecule has 0 aliphatic carbocycles. The molecule has 1 unspecified atom stereocenters. The fourth-order valence-corrected chi connectivity index (χ4v) is 5.72. The molecule has 19 heteroatoms. The van der Waals surface area contributed by atoms with E-state index in [-0.39, 0.29) is 35.8 Å². The number of halogens is 9. The van der Waals surface area contributed by atoms with Crippen molar-refractivity contribution in [3.05, 3.63) is 60.2 Å². The molecule has 0 saturated carbocycles. The molecule has 0 saturated heterocycles. The van der Waals surface area contributed by atoms with E-state index in [1.807, 2.05) is 0 Å². The molecule has 3 atom stereocenters. The third kappa shape index (κ3) is 10.1. The Hall–Kier alpha value is -3.89. The smallest absolute Gasteiger partial charge is 0.460 e. The number of para-hydroxylation sites is 1. The second-order valence-corrected chi connectivity index (χ2v) is 13.3. The minimum absolute atomic E-state index is 0.0940. The van der Waals surface area contributed by atoms with E-state index in [9.17, 15) is 53.0 Å². The van der Waals surface area contributed by atoms with Crippen molar-refractivity contribution < 1.29 is 62.5 Å². The monoisotopic (exact) mass is 744 g/mol. The molecular formula is C31H33F9N4O5S. The predicted octanol–water partition coefficient (Wildman–Crippen LogP) is 6.31. The number of hydrogen-bond acceptors (Lipinski definition) is 8. The Morgan fingerprint density at radius 2 is 1.52 bits per heavy atom. The van der Waals surface area contributed by atoms with Crippen molar-refractivity contribution in [1.29, 1.82) is 0 Å². The lowest BCUT2D eigenvalue weighted by Crippen LogP contribution is -2.60. The molecule has 1 aromatic heterocycles. The number of benzene rings is 2. The van der Waals surface area contributed by atoms with Crippen molar-refractivity contribution in [2.45, 2.75) is 74.9 Å². The van der Waals surface area contributed by atoms with Crippen molar-refractivity contribution in [2.24, 2.45) is 11.8 Å². The van der Waals surface area contributed by atoms with Gasteiger partial charge in [0, 0.05) is 18.9 Å². The zero-order valence-electron chi connectivity index (χ0n) is 26.6. The number of nitrogens with zero attached hydrogens (tertiary/aromatic N) is 4. The highest BCUT2D eigenvalue weighted by atomic mass is 32.2. The molecule has 1 N–H and O–H groups in total. The first-order valence-electron chi connectivity index (χ1n) is 14.9. The molecule has 3 rings (SSSR count). The SMILES string of the molecule is C[C@H](C#CC(O)[C@H](C)CCOCc1ccc(OCCCC(F)(F)C(F)(F)C(F)(F)C(F)(F)F)cc1)CS(=O)(=O)c1nnnn1-c1ccccc1. The van der Waals surface area contributed by atoms with Gasteiger partial charge in [0.25, 0.3) is 5.16 Å². The number of tetrazole rings is 1. The second-order valence-electron chi connectivity index (χ2n) is 11.4. The Morgan fingerprint density at radius 3 is 2.14 bits per heavy atom. The van der Waals surface area contributed by atoms with E-state index in [0.29, 0.717) is 17.7 Å². The lowest BCUT2D eigenvalue weighted by atomic mass is 10.00. The minimum Gasteiger partial charge on any atom is -0.494 e. The summed E-state index contributed by atoms with van der Waals surface area (Å²) >= 11 is 0. The zero-order valence-corrected chi connectivity index (χ0v) is 27.4. The highest BCUT2D eigenvalue weighted by Crippen LogP contribution is 2.54. The largest absolute Gasteiger partial charge is 0.494 e. The van der Waals surface area contributed by atoms with E-state index >= 15 is 0 Å². The fraction of sp³-hybridized carbons (Fsp3) is 0.516. The van der Waals surface area contributed by atoms with Crippen LogP contribution in [0.3, 0.4) is 0 Å². The van der Waals surface area contributed by atoms with Gasteiger partial charge in [0.15, 0.2) is 0 Å². The van der Waals surface area contributed by atoms with Crippen molar-refractivity contribution >= 4 is 9.84 Å². The highest BCUT2D eigenvalue weighted by molar-refractivity contribution is 7.91. The van der Waals surface area contributed by atoms with E-state index in [1.165, 1.54) is 24.3 Å². The number of rotatable bonds is 17. The summed E-state index contributed by atoms with van der Waals surface area (Å²) < 4.78 is 154. The molecule has 0 fully saturated rings. The van der Waals surface area contributed by atoms with Crippen molar-refractivity contribution in [3.63, 3.8) is 0 Å². The number of aliphatic hydroxyl groups is 1. The molecule has 3 aromatic rings. The van der Waals surface area contributed by atoms with Gasteiger partial charge in [0.2, 0.25) is 9.84 Å². The third-order valence-electron chi connectivity index (χ3n) is 7.23. The number of aliphatic hydroxyl groups excluding tert-OH is 1. The maximum absolute atomic E-state index is 13.6. The van der Waals surface area contributed by atoms with E-state index in [2.05, 4.69) is 27.4 Å². The quantitative estimate of drug-likeness (QED) is 0.0973. The molecule has 50 heavy (non-hydrogen) atoms. The summed E-state index contributed by atoms with van der Waals surface area (Å²) in [4.78, 5) is 0. The van der Waals surface area contributed by atoms with Crippen LogP contribution in [0, 0.1) is 23.7 Å². The first kappa shape index (κ1) is 40.5. The molecule has 0 aliphatic rings. The van der Waals surface area contributed by atoms with Gasteiger partial charge in [-0.15, -0.1) is 0 Å². The first-order valence-corrected chi connectivity index (χ1v) is 16.6. The molecule has 9 nitrogen and oxygen atoms in total. The van der Waals surface area contributed by atoms with Gasteiger partial charge in [-0.3, -0.25) is 0 Å². The summed E-state index contributed by atoms with van der Waals surface area (Å²) in [5.41, 5.74) is 1.11. The number of hydrogen-bond donors (Lipinski definition) is 1. The summed E-state index contributed by atoms with van der Waals surface area (Å²) in [7, 11) is -3.93. The van der Waals surface area contributed by atoms with Crippen LogP contribution in [0.15, 0.2) is 59.8 Å². The lowest BCUT2D eigenvalue weighted by molar-refractivity contribution is -0.396. The summed E-state index contributed by atoms with van der Waals surface area (Å²) in [5, 5.41) is 21.0. The summed E-state index contributed by atoms with van der Waals surface area (Å²) in [6, 6.07) is 14.3. The Bertz CT molecular complexity index is 1690. The molecule has 2 aromatic carbocycles. The molecular weight excluding hydrogens is 711 g/mol. The topological polar surface area (TPSA) is 116 Å². The molecule has 0 bridgehead atoms. The summed E-state index contributed by atoms with van der Waals surface area (Å²) in [6.07, 6.45) is -10.5. The first-order chi connectivity index (χ1) is 23.2. The van der Waals surface area contributed by atoms with Gasteiger partial charge in [-0.05, 0) is 59.0 Å². The Labute approximate surface area is 281 Å². The van der Waals surface area contributed by atoms with Crippen LogP contribution in [-0.4, -0.2) is 82.7 Å². The van der Waals surface area contributed by atoms with Crippen LogP contribution < -0.4 is 4.74 Å². The normalized spacial score (nSPS) is 14.8. The zero-order chi connectivity index (χ0) is 37.4. The van der Waals surface area contributed by atoms with Crippen molar-refractivity contribution in [1.82, 2.24) is 20.2 Å². The number of ether oxygens (including phenoxy) is 2. The van der Waals surface area contributed by atoms with Gasteiger partial charge in [-0.25, -0.2) is 8.42 Å². The predicted molar refractivity (Wildman–Crippen MR) is 160 cm³/mol. The molecule has 1 heterocycles. The molecule has 0 radical (unpaired) electrons. The highest BCUT2D eigenvalue weighted by Gasteiger charge is 2.81. The average Bonchev–Trinajstić information content (AvgIpc) is 3.55. The summed E-state index contributed by atoms with van der Waals surface area (Å²) in [5.74, 6) is -15.1. The van der Waals surface area contributed by atoms with Gasteiger partial charge in [0.1, 0.15) is 11.9 Å². The second kappa shape index (κ2) is 16.4. The van der Waals surface area contributed by atoms with Crippen LogP contribution in [0.5, 0.6) is 5.75 Å². The molecule has 0 spiro atoms. The molecule has 0 amide bonds. The van der Waals surface area contributed by atoms with Gasteiger partial charge in [-0.2, -0.15) is 44.2 Å². The van der Waals surface area contributed by atoms with Crippen LogP contribution >= 0.6 is 0 Å². The molecule has 0 aliphatic heterocycles. The standard InChI is InChI=1S/C31H33F9N4O5S/c1-21(20-50(46,47)27-41-42-43-44(27)24-7-4-3-5-8-24)9-14-26(45)22(2)15-18-48-19-23-10-12-25(13-11-23)49-17-6-16-28(32,33)29(34,35)30(36,37)31(38,39)40/h3-5,7-8,10-13,21-22,26,45H,6,15-20H2,1-2H3/t21-,22-,26?/m1/s1. The number of aromatic nitrogens is 4. The Balaban J connectivity index is 1.39. The van der Waals surface area contributed by atoms with Crippen LogP contribution in [0.4, 0.5) is 39.5 Å². The fourth-order valence-electron chi connectivity index (χ4n) is 4.27. The maximum atomic E-state index is 13.6. The van der Waals surface area contributed by atoms with Crippen LogP contribution in [0.1, 0.15) is 38.7 Å². The lowest BCUT2D eigenvalue weighted by Gasteiger charge is -2.33. The van der Waals surface area contributed by atoms with Gasteiger partial charge in [0.05, 0.1) is 24.7 Å². The number of sulfone groups is 1. The third-order valence-corrected chi connectivity index (χ3v) is 8.98. The van der Waals surface area contributed by atoms with Crippen LogP contribution in [0.2, 0.25) is 0 Å². The van der Waals surface area contributed by atoms with E-state index in [1.54, 1.807) is 44.2 Å². The van der Waals surface area contributed by atoms with E-state index in [4.69, 9.17) is 9.47 Å². The van der Waals surface area contributed by atoms with Crippen LogP contribution in [-0.2, 0) is 21.2 Å². The maximum Gasteiger partial charge on any atom is 0.460 e. The van der Waals surface area contributed by atoms with E-state index < -0.39 is 65.3 Å². The van der Waals surface area contributed by atoms with Gasteiger partial charge in [-0.1, -0.05) is 61.1 Å². The van der Waals surface area contributed by atoms with Crippen molar-refractivity contribution in [3.8, 4) is 23.3 Å².